The molecule has 0 aliphatic carbocycles. The Morgan fingerprint density at radius 3 is 2.54 bits per heavy atom. The minimum Gasteiger partial charge on any atom is -0.465 e. The van der Waals surface area contributed by atoms with Crippen molar-refractivity contribution in [3.63, 3.8) is 0 Å². The minimum atomic E-state index is -0.551. The number of carbonyl (C=O) groups is 1. The molecule has 2 aromatic carbocycles. The number of ether oxygens (including phenoxy) is 1. The molecule has 7 heteroatoms. The van der Waals surface area contributed by atoms with Gasteiger partial charge in [0.15, 0.2) is 0 Å². The van der Waals surface area contributed by atoms with Gasteiger partial charge in [0.25, 0.3) is 5.56 Å². The summed E-state index contributed by atoms with van der Waals surface area (Å²) in [5, 5.41) is 0.894. The van der Waals surface area contributed by atoms with Gasteiger partial charge >= 0.3 is 11.7 Å². The molecule has 6 nitrogen and oxygen atoms in total. The van der Waals surface area contributed by atoms with Crippen molar-refractivity contribution >= 4 is 28.5 Å². The third-order valence-corrected chi connectivity index (χ3v) is 3.91. The molecule has 1 aromatic heterocycles. The fraction of sp³-hybridized carbons (Fsp3) is 0.118. The molecule has 0 radical (unpaired) electrons. The fourth-order valence-corrected chi connectivity index (χ4v) is 2.54. The molecule has 0 saturated heterocycles. The van der Waals surface area contributed by atoms with Gasteiger partial charge in [-0.15, -0.1) is 0 Å². The van der Waals surface area contributed by atoms with E-state index in [0.29, 0.717) is 15.9 Å². The van der Waals surface area contributed by atoms with Crippen LogP contribution in [0.3, 0.4) is 0 Å². The number of aromatic nitrogens is 2. The first-order valence-electron chi connectivity index (χ1n) is 7.09. The summed E-state index contributed by atoms with van der Waals surface area (Å²) >= 11 is 5.83. The third-order valence-electron chi connectivity index (χ3n) is 3.66. The average molecular weight is 345 g/mol. The molecule has 24 heavy (non-hydrogen) atoms. The number of methoxy groups -OCH3 is 1. The summed E-state index contributed by atoms with van der Waals surface area (Å²) in [6, 6.07) is 11.3. The number of rotatable bonds is 3. The van der Waals surface area contributed by atoms with Crippen LogP contribution in [0.5, 0.6) is 0 Å². The van der Waals surface area contributed by atoms with Gasteiger partial charge in [-0.05, 0) is 35.9 Å². The lowest BCUT2D eigenvalue weighted by atomic mass is 10.1. The summed E-state index contributed by atoms with van der Waals surface area (Å²) < 4.78 is 5.73. The zero-order valence-electron chi connectivity index (χ0n) is 12.7. The van der Waals surface area contributed by atoms with Crippen LogP contribution >= 0.6 is 11.6 Å². The third kappa shape index (κ3) is 2.96. The molecule has 0 unspecified atom stereocenters. The lowest BCUT2D eigenvalue weighted by Gasteiger charge is -2.07. The number of fused-ring (bicyclic) bond motifs is 1. The van der Waals surface area contributed by atoms with Gasteiger partial charge in [0.05, 0.1) is 30.1 Å². The molecule has 1 N–H and O–H groups in total. The zero-order chi connectivity index (χ0) is 17.3. The molecule has 3 aromatic rings. The van der Waals surface area contributed by atoms with Gasteiger partial charge in [-0.25, -0.2) is 9.59 Å². The first-order chi connectivity index (χ1) is 11.5. The van der Waals surface area contributed by atoms with Crippen LogP contribution in [0.4, 0.5) is 0 Å². The highest BCUT2D eigenvalue weighted by Gasteiger charge is 2.11. The van der Waals surface area contributed by atoms with Gasteiger partial charge in [0, 0.05) is 5.02 Å². The Morgan fingerprint density at radius 1 is 1.17 bits per heavy atom. The lowest BCUT2D eigenvalue weighted by molar-refractivity contribution is 0.0601. The van der Waals surface area contributed by atoms with Crippen LogP contribution in [-0.4, -0.2) is 22.6 Å². The number of benzene rings is 2. The largest absolute Gasteiger partial charge is 0.465 e. The van der Waals surface area contributed by atoms with E-state index >= 15 is 0 Å². The number of nitrogens with zero attached hydrogens (tertiary/aromatic N) is 1. The second-order valence-electron chi connectivity index (χ2n) is 5.20. The molecular weight excluding hydrogens is 332 g/mol. The number of hydrogen-bond donors (Lipinski definition) is 1. The average Bonchev–Trinajstić information content (AvgIpc) is 2.59. The molecule has 0 spiro atoms. The van der Waals surface area contributed by atoms with Crippen molar-refractivity contribution < 1.29 is 9.53 Å². The van der Waals surface area contributed by atoms with Crippen LogP contribution in [0.15, 0.2) is 52.1 Å². The van der Waals surface area contributed by atoms with Gasteiger partial charge in [-0.1, -0.05) is 23.7 Å². The predicted octanol–water partition coefficient (Wildman–Crippen LogP) is 2.18. The highest BCUT2D eigenvalue weighted by atomic mass is 35.5. The Balaban J connectivity index is 2.10. The Hall–Kier alpha value is -2.86. The summed E-state index contributed by atoms with van der Waals surface area (Å²) in [5.41, 5.74) is 0.345. The van der Waals surface area contributed by atoms with E-state index in [-0.39, 0.29) is 12.1 Å². The van der Waals surface area contributed by atoms with Gasteiger partial charge in [-0.3, -0.25) is 9.36 Å². The zero-order valence-corrected chi connectivity index (χ0v) is 13.5. The second-order valence-corrected chi connectivity index (χ2v) is 5.64. The highest BCUT2D eigenvalue weighted by Crippen LogP contribution is 2.12. The van der Waals surface area contributed by atoms with Crippen LogP contribution in [-0.2, 0) is 11.3 Å². The SMILES string of the molecule is COC(=O)c1ccc2c(=O)n(Cc3ccc(Cl)cc3)c(=O)[nH]c2c1. The van der Waals surface area contributed by atoms with Crippen molar-refractivity contribution in [2.75, 3.05) is 7.11 Å². The molecule has 0 saturated carbocycles. The molecule has 0 aliphatic heterocycles. The fourth-order valence-electron chi connectivity index (χ4n) is 2.42. The molecule has 0 bridgehead atoms. The van der Waals surface area contributed by atoms with Crippen molar-refractivity contribution in [1.29, 1.82) is 0 Å². The number of carbonyl (C=O) groups excluding carboxylic acids is 1. The maximum atomic E-state index is 12.6. The number of nitrogens with one attached hydrogen (secondary N) is 1. The van der Waals surface area contributed by atoms with Crippen LogP contribution in [0, 0.1) is 0 Å². The molecule has 0 aliphatic rings. The molecule has 0 atom stereocenters. The van der Waals surface area contributed by atoms with E-state index in [4.69, 9.17) is 11.6 Å². The molecule has 0 amide bonds. The summed E-state index contributed by atoms with van der Waals surface area (Å²) in [7, 11) is 1.26. The quantitative estimate of drug-likeness (QED) is 0.738. The van der Waals surface area contributed by atoms with E-state index in [2.05, 4.69) is 9.72 Å². The smallest absolute Gasteiger partial charge is 0.337 e. The van der Waals surface area contributed by atoms with Crippen LogP contribution in [0.1, 0.15) is 15.9 Å². The number of esters is 1. The van der Waals surface area contributed by atoms with Gasteiger partial charge in [0.1, 0.15) is 0 Å². The topological polar surface area (TPSA) is 81.2 Å². The Bertz CT molecular complexity index is 1040. The molecule has 122 valence electrons. The Morgan fingerprint density at radius 2 is 1.88 bits per heavy atom. The monoisotopic (exact) mass is 344 g/mol. The van der Waals surface area contributed by atoms with E-state index in [0.717, 1.165) is 10.1 Å². The van der Waals surface area contributed by atoms with Crippen molar-refractivity contribution in [3.05, 3.63) is 79.5 Å². The summed E-state index contributed by atoms with van der Waals surface area (Å²) in [5.74, 6) is -0.539. The van der Waals surface area contributed by atoms with E-state index < -0.39 is 17.2 Å². The number of halogens is 1. The van der Waals surface area contributed by atoms with Crippen molar-refractivity contribution in [1.82, 2.24) is 9.55 Å². The summed E-state index contributed by atoms with van der Waals surface area (Å²) in [6.07, 6.45) is 0. The number of H-pyrrole nitrogens is 1. The van der Waals surface area contributed by atoms with Crippen molar-refractivity contribution in [3.8, 4) is 0 Å². The number of aromatic amines is 1. The molecular formula is C17H13ClN2O4. The van der Waals surface area contributed by atoms with E-state index in [1.165, 1.54) is 25.3 Å². The summed E-state index contributed by atoms with van der Waals surface area (Å²) in [4.78, 5) is 39.0. The summed E-state index contributed by atoms with van der Waals surface area (Å²) in [6.45, 7) is 0.125. The van der Waals surface area contributed by atoms with Crippen LogP contribution in [0.2, 0.25) is 5.02 Å². The van der Waals surface area contributed by atoms with Gasteiger partial charge in [-0.2, -0.15) is 0 Å². The second kappa shape index (κ2) is 6.33. The van der Waals surface area contributed by atoms with E-state index in [9.17, 15) is 14.4 Å². The van der Waals surface area contributed by atoms with Gasteiger partial charge < -0.3 is 9.72 Å². The van der Waals surface area contributed by atoms with E-state index in [1.54, 1.807) is 24.3 Å². The highest BCUT2D eigenvalue weighted by molar-refractivity contribution is 6.30. The molecule has 3 rings (SSSR count). The maximum absolute atomic E-state index is 12.6. The van der Waals surface area contributed by atoms with Gasteiger partial charge in [0.2, 0.25) is 0 Å². The van der Waals surface area contributed by atoms with Crippen LogP contribution < -0.4 is 11.2 Å². The number of hydrogen-bond acceptors (Lipinski definition) is 4. The maximum Gasteiger partial charge on any atom is 0.337 e. The Labute approximate surface area is 141 Å². The standard InChI is InChI=1S/C17H13ClN2O4/c1-24-16(22)11-4-7-13-14(8-11)19-17(23)20(15(13)21)9-10-2-5-12(18)6-3-10/h2-8H,9H2,1H3,(H,19,23). The molecule has 1 heterocycles. The minimum absolute atomic E-state index is 0.125. The predicted molar refractivity (Wildman–Crippen MR) is 90.7 cm³/mol. The normalized spacial score (nSPS) is 10.8. The van der Waals surface area contributed by atoms with Crippen LogP contribution in [0.25, 0.3) is 10.9 Å². The first-order valence-corrected chi connectivity index (χ1v) is 7.47. The Kier molecular flexibility index (Phi) is 4.22. The van der Waals surface area contributed by atoms with Crippen molar-refractivity contribution in [2.45, 2.75) is 6.54 Å². The van der Waals surface area contributed by atoms with E-state index in [1.807, 2.05) is 0 Å². The molecule has 0 fully saturated rings. The first kappa shape index (κ1) is 16.0. The lowest BCUT2D eigenvalue weighted by Crippen LogP contribution is -2.35. The van der Waals surface area contributed by atoms with Crippen molar-refractivity contribution in [2.24, 2.45) is 0 Å².